The average molecular weight is 202 g/mol. The van der Waals surface area contributed by atoms with Crippen LogP contribution in [0.25, 0.3) is 23.0 Å². The molecule has 3 rings (SSSR count). The fourth-order valence-corrected chi connectivity index (χ4v) is 1.28. The highest BCUT2D eigenvalue weighted by atomic mass is 16.4. The standard InChI is InChI=1S/C10H6N2O3/c1-2-8(10-4-12-6-14-10)15-7(1)9-3-11-5-13-9/h1-6H. The molecule has 0 aliphatic rings. The average Bonchev–Trinajstić information content (AvgIpc) is 3.02. The molecule has 5 heteroatoms. The molecule has 74 valence electrons. The van der Waals surface area contributed by atoms with Crippen LogP contribution in [0.15, 0.2) is 50.6 Å². The molecule has 0 fully saturated rings. The summed E-state index contributed by atoms with van der Waals surface area (Å²) in [5, 5.41) is 0. The Bertz CT molecular complexity index is 488. The maximum Gasteiger partial charge on any atom is 0.189 e. The summed E-state index contributed by atoms with van der Waals surface area (Å²) in [5.41, 5.74) is 0. The summed E-state index contributed by atoms with van der Waals surface area (Å²) in [6.07, 6.45) is 5.88. The molecule has 0 bridgehead atoms. The van der Waals surface area contributed by atoms with Crippen molar-refractivity contribution in [2.45, 2.75) is 0 Å². The van der Waals surface area contributed by atoms with Crippen molar-refractivity contribution in [1.82, 2.24) is 9.97 Å². The molecule has 0 atom stereocenters. The maximum absolute atomic E-state index is 5.50. The van der Waals surface area contributed by atoms with Crippen molar-refractivity contribution in [3.63, 3.8) is 0 Å². The van der Waals surface area contributed by atoms with Crippen LogP contribution >= 0.6 is 0 Å². The van der Waals surface area contributed by atoms with Gasteiger partial charge >= 0.3 is 0 Å². The molecule has 3 heterocycles. The highest BCUT2D eigenvalue weighted by Gasteiger charge is 2.10. The van der Waals surface area contributed by atoms with Gasteiger partial charge in [0.15, 0.2) is 35.8 Å². The SMILES string of the molecule is c1ncc(-c2ccc(-c3cnco3)o2)o1. The third kappa shape index (κ3) is 1.34. The van der Waals surface area contributed by atoms with Gasteiger partial charge in [-0.1, -0.05) is 0 Å². The number of nitrogens with zero attached hydrogens (tertiary/aromatic N) is 2. The Balaban J connectivity index is 2.02. The Morgan fingerprint density at radius 2 is 1.27 bits per heavy atom. The lowest BCUT2D eigenvalue weighted by Gasteiger charge is -1.89. The van der Waals surface area contributed by atoms with Gasteiger partial charge in [-0.25, -0.2) is 9.97 Å². The van der Waals surface area contributed by atoms with Crippen LogP contribution in [0.2, 0.25) is 0 Å². The first-order valence-corrected chi connectivity index (χ1v) is 4.31. The van der Waals surface area contributed by atoms with Crippen molar-refractivity contribution in [1.29, 1.82) is 0 Å². The van der Waals surface area contributed by atoms with E-state index in [1.807, 2.05) is 0 Å². The van der Waals surface area contributed by atoms with Gasteiger partial charge in [-0.3, -0.25) is 0 Å². The fourth-order valence-electron chi connectivity index (χ4n) is 1.28. The number of hydrogen-bond donors (Lipinski definition) is 0. The van der Waals surface area contributed by atoms with Crippen LogP contribution in [-0.4, -0.2) is 9.97 Å². The van der Waals surface area contributed by atoms with E-state index >= 15 is 0 Å². The zero-order valence-electron chi connectivity index (χ0n) is 7.58. The third-order valence-corrected chi connectivity index (χ3v) is 1.96. The number of hydrogen-bond acceptors (Lipinski definition) is 5. The molecule has 0 aliphatic carbocycles. The number of aromatic nitrogens is 2. The molecule has 0 saturated carbocycles. The zero-order valence-corrected chi connectivity index (χ0v) is 7.58. The monoisotopic (exact) mass is 202 g/mol. The van der Waals surface area contributed by atoms with E-state index in [9.17, 15) is 0 Å². The van der Waals surface area contributed by atoms with Gasteiger partial charge in [-0.15, -0.1) is 0 Å². The summed E-state index contributed by atoms with van der Waals surface area (Å²) in [7, 11) is 0. The molecule has 0 N–H and O–H groups in total. The van der Waals surface area contributed by atoms with Crippen LogP contribution in [0.5, 0.6) is 0 Å². The van der Waals surface area contributed by atoms with Crippen molar-refractivity contribution in [2.24, 2.45) is 0 Å². The van der Waals surface area contributed by atoms with Crippen molar-refractivity contribution < 1.29 is 13.3 Å². The van der Waals surface area contributed by atoms with Crippen LogP contribution in [0.4, 0.5) is 0 Å². The number of oxazole rings is 2. The van der Waals surface area contributed by atoms with Gasteiger partial charge in [0.2, 0.25) is 0 Å². The highest BCUT2D eigenvalue weighted by molar-refractivity contribution is 5.56. The second-order valence-electron chi connectivity index (χ2n) is 2.90. The summed E-state index contributed by atoms with van der Waals surface area (Å²) >= 11 is 0. The molecule has 0 aliphatic heterocycles. The summed E-state index contributed by atoms with van der Waals surface area (Å²) in [4.78, 5) is 7.62. The van der Waals surface area contributed by atoms with E-state index < -0.39 is 0 Å². The second-order valence-corrected chi connectivity index (χ2v) is 2.90. The van der Waals surface area contributed by atoms with Crippen molar-refractivity contribution in [2.75, 3.05) is 0 Å². The van der Waals surface area contributed by atoms with Gasteiger partial charge in [0.05, 0.1) is 12.4 Å². The molecule has 0 unspecified atom stereocenters. The quantitative estimate of drug-likeness (QED) is 0.638. The number of rotatable bonds is 2. The summed E-state index contributed by atoms with van der Waals surface area (Å²) in [6.45, 7) is 0. The Hall–Kier alpha value is -2.30. The lowest BCUT2D eigenvalue weighted by Crippen LogP contribution is -1.66. The first-order chi connectivity index (χ1) is 7.43. The van der Waals surface area contributed by atoms with E-state index in [0.29, 0.717) is 23.0 Å². The van der Waals surface area contributed by atoms with Gasteiger partial charge in [0.25, 0.3) is 0 Å². The van der Waals surface area contributed by atoms with E-state index in [-0.39, 0.29) is 0 Å². The topological polar surface area (TPSA) is 65.2 Å². The molecular formula is C10H6N2O3. The normalized spacial score (nSPS) is 10.7. The van der Waals surface area contributed by atoms with E-state index in [2.05, 4.69) is 9.97 Å². The van der Waals surface area contributed by atoms with E-state index in [1.54, 1.807) is 24.5 Å². The summed E-state index contributed by atoms with van der Waals surface area (Å²) in [6, 6.07) is 3.58. The minimum absolute atomic E-state index is 0.584. The minimum Gasteiger partial charge on any atom is -0.449 e. The molecule has 3 aromatic heterocycles. The fraction of sp³-hybridized carbons (Fsp3) is 0. The van der Waals surface area contributed by atoms with Gasteiger partial charge in [-0.2, -0.15) is 0 Å². The predicted molar refractivity (Wildman–Crippen MR) is 49.7 cm³/mol. The largest absolute Gasteiger partial charge is 0.449 e. The van der Waals surface area contributed by atoms with Gasteiger partial charge in [0.1, 0.15) is 0 Å². The Morgan fingerprint density at radius 1 is 0.733 bits per heavy atom. The molecular weight excluding hydrogens is 196 g/mol. The Kier molecular flexibility index (Phi) is 1.68. The zero-order chi connectivity index (χ0) is 10.1. The van der Waals surface area contributed by atoms with Crippen molar-refractivity contribution >= 4 is 0 Å². The Labute approximate surface area is 84.4 Å². The van der Waals surface area contributed by atoms with Gasteiger partial charge in [0, 0.05) is 0 Å². The van der Waals surface area contributed by atoms with E-state index in [1.165, 1.54) is 12.8 Å². The highest BCUT2D eigenvalue weighted by Crippen LogP contribution is 2.27. The molecule has 0 saturated heterocycles. The summed E-state index contributed by atoms with van der Waals surface area (Å²) in [5.74, 6) is 2.39. The van der Waals surface area contributed by atoms with Crippen molar-refractivity contribution in [3.8, 4) is 23.0 Å². The molecule has 15 heavy (non-hydrogen) atoms. The van der Waals surface area contributed by atoms with E-state index in [0.717, 1.165) is 0 Å². The molecule has 3 aromatic rings. The van der Waals surface area contributed by atoms with Crippen LogP contribution < -0.4 is 0 Å². The summed E-state index contributed by atoms with van der Waals surface area (Å²) < 4.78 is 15.7. The Morgan fingerprint density at radius 3 is 1.67 bits per heavy atom. The molecule has 0 amide bonds. The second kappa shape index (κ2) is 3.13. The molecule has 5 nitrogen and oxygen atoms in total. The van der Waals surface area contributed by atoms with Gasteiger partial charge in [-0.05, 0) is 12.1 Å². The first-order valence-electron chi connectivity index (χ1n) is 4.31. The molecule has 0 radical (unpaired) electrons. The van der Waals surface area contributed by atoms with Crippen LogP contribution in [0.3, 0.4) is 0 Å². The minimum atomic E-state index is 0.584. The van der Waals surface area contributed by atoms with Crippen LogP contribution in [-0.2, 0) is 0 Å². The lowest BCUT2D eigenvalue weighted by atomic mass is 10.3. The maximum atomic E-state index is 5.50. The first kappa shape index (κ1) is 8.05. The predicted octanol–water partition coefficient (Wildman–Crippen LogP) is 2.59. The van der Waals surface area contributed by atoms with Gasteiger partial charge < -0.3 is 13.3 Å². The molecule has 0 spiro atoms. The van der Waals surface area contributed by atoms with Crippen LogP contribution in [0.1, 0.15) is 0 Å². The van der Waals surface area contributed by atoms with Crippen LogP contribution in [0, 0.1) is 0 Å². The lowest BCUT2D eigenvalue weighted by molar-refractivity contribution is 0.505. The van der Waals surface area contributed by atoms with E-state index in [4.69, 9.17) is 13.3 Å². The number of furan rings is 1. The smallest absolute Gasteiger partial charge is 0.189 e. The third-order valence-electron chi connectivity index (χ3n) is 1.96. The molecule has 0 aromatic carbocycles. The van der Waals surface area contributed by atoms with Crippen molar-refractivity contribution in [3.05, 3.63) is 37.3 Å².